The molecule has 2 unspecified atom stereocenters. The number of hydrogen-bond acceptors (Lipinski definition) is 26. The van der Waals surface area contributed by atoms with Crippen LogP contribution < -0.4 is 23.7 Å². The zero-order valence-electron chi connectivity index (χ0n) is 76.1. The van der Waals surface area contributed by atoms with Crippen molar-refractivity contribution in [2.45, 2.75) is 178 Å². The first-order valence-corrected chi connectivity index (χ1v) is 43.9. The minimum atomic E-state index is -0.426. The van der Waals surface area contributed by atoms with Gasteiger partial charge in [0.1, 0.15) is 23.4 Å². The molecule has 19 rings (SSSR count). The van der Waals surface area contributed by atoms with Crippen molar-refractivity contribution in [1.82, 2.24) is 0 Å². The normalized spacial score (nSPS) is 17.3. The molecule has 0 saturated heterocycles. The van der Waals surface area contributed by atoms with Crippen molar-refractivity contribution in [3.8, 4) is 28.7 Å². The number of nitrogens with zero attached hydrogens (tertiary/aromatic N) is 7. The van der Waals surface area contributed by atoms with Crippen LogP contribution in [-0.4, -0.2) is 102 Å². The second-order valence-electron chi connectivity index (χ2n) is 32.4. The highest BCUT2D eigenvalue weighted by molar-refractivity contribution is 6.15. The molecule has 0 N–H and O–H groups in total. The van der Waals surface area contributed by atoms with Gasteiger partial charge in [-0.15, -0.1) is 0 Å². The fourth-order valence-electron chi connectivity index (χ4n) is 16.5. The molecule has 0 fully saturated rings. The Balaban J connectivity index is 0.000000131. The number of carbonyl (C=O) groups excluding carboxylic acids is 7. The Bertz CT molecular complexity index is 6390. The largest absolute Gasteiger partial charge is 0.496 e. The molecule has 0 saturated carbocycles. The van der Waals surface area contributed by atoms with Gasteiger partial charge in [0.25, 0.3) is 0 Å². The van der Waals surface area contributed by atoms with Gasteiger partial charge in [-0.1, -0.05) is 205 Å². The number of rotatable bonds is 10. The molecule has 3 heterocycles. The second-order valence-corrected chi connectivity index (χ2v) is 32.4. The van der Waals surface area contributed by atoms with E-state index in [4.69, 9.17) is 57.5 Å². The predicted octanol–water partition coefficient (Wildman–Crippen LogP) is 20.8. The molecule has 5 aliphatic carbocycles. The van der Waals surface area contributed by atoms with Gasteiger partial charge in [0, 0.05) is 118 Å². The number of benzene rings is 11. The van der Waals surface area contributed by atoms with Crippen molar-refractivity contribution in [2.75, 3.05) is 20.5 Å². The number of oxime groups is 7. The second kappa shape index (κ2) is 45.3. The molecule has 0 bridgehead atoms. The fourth-order valence-corrected chi connectivity index (χ4v) is 16.5. The molecule has 2 atom stereocenters. The highest BCUT2D eigenvalue weighted by atomic mass is 16.7. The van der Waals surface area contributed by atoms with Crippen LogP contribution in [0.1, 0.15) is 225 Å². The van der Waals surface area contributed by atoms with Gasteiger partial charge in [-0.2, -0.15) is 0 Å². The van der Waals surface area contributed by atoms with E-state index in [0.717, 1.165) is 201 Å². The van der Waals surface area contributed by atoms with E-state index in [1.165, 1.54) is 109 Å². The number of ether oxygens (including phenoxy) is 5. The molecule has 0 spiro atoms. The van der Waals surface area contributed by atoms with Crippen molar-refractivity contribution < 1.29 is 91.1 Å². The van der Waals surface area contributed by atoms with Crippen molar-refractivity contribution in [2.24, 2.45) is 36.1 Å². The van der Waals surface area contributed by atoms with Crippen LogP contribution in [0.4, 0.5) is 0 Å². The van der Waals surface area contributed by atoms with Crippen LogP contribution in [0.5, 0.6) is 28.7 Å². The van der Waals surface area contributed by atoms with E-state index < -0.39 is 29.8 Å². The van der Waals surface area contributed by atoms with E-state index in [2.05, 4.69) is 128 Å². The Morgan fingerprint density at radius 2 is 0.811 bits per heavy atom. The zero-order chi connectivity index (χ0) is 93.3. The summed E-state index contributed by atoms with van der Waals surface area (Å²) >= 11 is 0. The lowest BCUT2D eigenvalue weighted by molar-refractivity contribution is -0.141. The molecule has 11 aromatic rings. The highest BCUT2D eigenvalue weighted by Crippen LogP contribution is 2.44. The zero-order valence-corrected chi connectivity index (χ0v) is 76.1. The molecule has 678 valence electrons. The van der Waals surface area contributed by atoms with Crippen molar-refractivity contribution in [3.05, 3.63) is 312 Å². The minimum absolute atomic E-state index is 0.134. The summed E-state index contributed by atoms with van der Waals surface area (Å²) in [4.78, 5) is 110. The molecular weight excluding hydrogens is 1680 g/mol. The van der Waals surface area contributed by atoms with Crippen LogP contribution in [0.25, 0.3) is 21.5 Å². The highest BCUT2D eigenvalue weighted by Gasteiger charge is 2.33. The fraction of sp³-hybridized carbons (Fsp3) is 0.283. The summed E-state index contributed by atoms with van der Waals surface area (Å²) in [6, 6.07) is 71.6. The molecule has 0 aromatic heterocycles. The number of fused-ring (bicyclic) bond motifs is 12. The van der Waals surface area contributed by atoms with Crippen LogP contribution in [0.15, 0.2) is 248 Å². The number of methoxy groups -OCH3 is 1. The van der Waals surface area contributed by atoms with Gasteiger partial charge in [-0.25, -0.2) is 33.6 Å². The Morgan fingerprint density at radius 1 is 0.333 bits per heavy atom. The Hall–Kier alpha value is -15.1. The molecule has 0 amide bonds. The third-order valence-corrected chi connectivity index (χ3v) is 22.6. The van der Waals surface area contributed by atoms with Gasteiger partial charge in [0.2, 0.25) is 6.79 Å². The Labute approximate surface area is 766 Å². The summed E-state index contributed by atoms with van der Waals surface area (Å²) < 4.78 is 27.7. The van der Waals surface area contributed by atoms with Crippen LogP contribution in [0.2, 0.25) is 0 Å². The maximum absolute atomic E-state index is 11.1. The predicted molar refractivity (Wildman–Crippen MR) is 504 cm³/mol. The molecular formula is C106H105N7O19. The summed E-state index contributed by atoms with van der Waals surface area (Å²) in [6.45, 7) is 18.4. The molecule has 132 heavy (non-hydrogen) atoms. The first-order valence-electron chi connectivity index (χ1n) is 43.9. The van der Waals surface area contributed by atoms with E-state index in [-0.39, 0.29) is 30.8 Å². The lowest BCUT2D eigenvalue weighted by atomic mass is 9.85. The van der Waals surface area contributed by atoms with E-state index in [1.54, 1.807) is 7.11 Å². The number of aryl methyl sites for hydroxylation is 7. The van der Waals surface area contributed by atoms with Gasteiger partial charge < -0.3 is 57.5 Å². The third kappa shape index (κ3) is 24.9. The maximum atomic E-state index is 11.1. The Kier molecular flexibility index (Phi) is 32.4. The van der Waals surface area contributed by atoms with E-state index in [9.17, 15) is 33.6 Å². The lowest BCUT2D eigenvalue weighted by Gasteiger charge is -2.27. The standard InChI is InChI=1S/C20H17NO2.C18H17NO3.C17H15NO2.2C13H15NO3.C13H15NO2.C12H11NO4/c1-13(22)23-21-19-8-4-7-14-9-10-17-11-15-5-2-3-6-16(15)12-18(17)20(14)19;1-12-8-9-17-15(10-12)16(19-22-13(2)20)11-18(21-17)14-6-4-3-5-7-14;1-12(19)20-18-17-11-16(13-7-3-2-4-8-13)14-9-5-6-10-15(14)17;1-8-6-11-12(14-17-10(3)15)4-5-16-13(11)7-9(8)2;1-9(15)17-14-12-7-3-6-11-10(12)5-4-8-13(11)16-2;1-9-6-7-11-4-3-5-13(12(11)8-9)14-16-10(2)15;1-7(14)17-13-9-4-2-8-3-5-10-12(11(8)9)16-6-15-10/h2-3,5-6,9-12H,4,7-8H2,1H3;3-10,18H,11H2,1-2H3;2-10,16H,11H2,1H3;6-7H,4-5H2,1-3H3;4-5,8H,3,6-7H2,1-2H3;6-8H,3-5H2,1-2H3;3,5H,2,4,6H2,1H3/b21-19+;19-16+;18-17+;2*14-12+;14-13+;13-9+. The van der Waals surface area contributed by atoms with Gasteiger partial charge in [-0.05, 0) is 219 Å². The molecule has 26 heteroatoms. The first-order chi connectivity index (χ1) is 63.8. The summed E-state index contributed by atoms with van der Waals surface area (Å²) in [7, 11) is 1.66. The SMILES string of the molecule is CC(=O)O/N=C1\CC(c2ccccc2)Oc2ccc(C)cc21.CC(=O)O/N=C1\CC(c2ccccc2)c2ccccc21.CC(=O)O/N=C1\CCCc2ccc(C)cc21.CC(=O)O/N=C1\CCCc2ccc3cc4ccccc4cc3c21.CC(=O)O/N=C1\CCOc2cc(C)c(C)cc21.CC(=O)O/N=C1\CCc2ccc3c(c21)OCO3.COc1cccc2c1CCC/C2=N\OC(C)=O. The maximum Gasteiger partial charge on any atom is 0.331 e. The summed E-state index contributed by atoms with van der Waals surface area (Å²) in [5, 5.41) is 32.6. The van der Waals surface area contributed by atoms with E-state index in [1.807, 2.05) is 148 Å². The topological polar surface area (TPSA) is 317 Å². The van der Waals surface area contributed by atoms with Crippen molar-refractivity contribution in [3.63, 3.8) is 0 Å². The summed E-state index contributed by atoms with van der Waals surface area (Å²) in [5.74, 6) is 1.37. The first kappa shape index (κ1) is 94.5. The average Bonchev–Trinajstić information content (AvgIpc) is 1.69. The van der Waals surface area contributed by atoms with Gasteiger partial charge in [0.15, 0.2) is 11.5 Å². The summed E-state index contributed by atoms with van der Waals surface area (Å²) in [6.07, 6.45) is 12.2. The van der Waals surface area contributed by atoms with Gasteiger partial charge in [0.05, 0.1) is 53.7 Å². The minimum Gasteiger partial charge on any atom is -0.496 e. The van der Waals surface area contributed by atoms with Crippen molar-refractivity contribution >= 4 is 103 Å². The van der Waals surface area contributed by atoms with E-state index in [0.29, 0.717) is 25.2 Å². The molecule has 3 aliphatic heterocycles. The molecule has 8 aliphatic rings. The van der Waals surface area contributed by atoms with Crippen LogP contribution in [0.3, 0.4) is 0 Å². The summed E-state index contributed by atoms with van der Waals surface area (Å²) in [5.41, 5.74) is 25.9. The number of hydrogen-bond donors (Lipinski definition) is 0. The van der Waals surface area contributed by atoms with Gasteiger partial charge >= 0.3 is 41.8 Å². The number of carbonyl (C=O) groups is 7. The lowest BCUT2D eigenvalue weighted by Crippen LogP contribution is -2.21. The Morgan fingerprint density at radius 3 is 1.45 bits per heavy atom. The van der Waals surface area contributed by atoms with Crippen LogP contribution in [0, 0.1) is 27.7 Å². The van der Waals surface area contributed by atoms with Crippen LogP contribution in [-0.2, 0) is 93.1 Å². The molecule has 0 radical (unpaired) electrons. The van der Waals surface area contributed by atoms with Gasteiger partial charge in [-0.3, -0.25) is 0 Å². The molecule has 26 nitrogen and oxygen atoms in total. The van der Waals surface area contributed by atoms with E-state index >= 15 is 0 Å². The smallest absolute Gasteiger partial charge is 0.331 e. The quantitative estimate of drug-likeness (QED) is 0.0697. The van der Waals surface area contributed by atoms with Crippen LogP contribution >= 0.6 is 0 Å². The van der Waals surface area contributed by atoms with Crippen molar-refractivity contribution in [1.29, 1.82) is 0 Å². The third-order valence-electron chi connectivity index (χ3n) is 22.6. The average molecular weight is 1780 g/mol. The monoisotopic (exact) mass is 1780 g/mol. The molecule has 11 aromatic carbocycles.